The van der Waals surface area contributed by atoms with E-state index in [-0.39, 0.29) is 5.75 Å². The fourth-order valence-corrected chi connectivity index (χ4v) is 2.36. The van der Waals surface area contributed by atoms with Crippen molar-refractivity contribution in [3.8, 4) is 5.75 Å². The Kier molecular flexibility index (Phi) is 4.35. The molecule has 0 bridgehead atoms. The zero-order chi connectivity index (χ0) is 18.0. The van der Waals surface area contributed by atoms with E-state index in [2.05, 4.69) is 4.74 Å². The second-order valence-corrected chi connectivity index (χ2v) is 5.47. The van der Waals surface area contributed by atoms with Crippen LogP contribution in [-0.2, 0) is 9.53 Å². The molecule has 0 atom stereocenters. The zero-order valence-electron chi connectivity index (χ0n) is 13.1. The number of carbonyl (C=O) groups is 1. The minimum Gasteiger partial charge on any atom is -0.423 e. The Morgan fingerprint density at radius 1 is 1.00 bits per heavy atom. The van der Waals surface area contributed by atoms with E-state index < -0.39 is 12.3 Å². The minimum absolute atomic E-state index is 0.328. The Morgan fingerprint density at radius 2 is 1.64 bits per heavy atom. The highest BCUT2D eigenvalue weighted by Gasteiger charge is 2.31. The highest BCUT2D eigenvalue weighted by molar-refractivity contribution is 6.03. The number of cyclic esters (lactones) is 1. The van der Waals surface area contributed by atoms with Crippen molar-refractivity contribution in [1.29, 1.82) is 0 Å². The summed E-state index contributed by atoms with van der Waals surface area (Å²) in [6.07, 6.45) is -1.74. The van der Waals surface area contributed by atoms with E-state index in [1.807, 2.05) is 31.2 Å². The largest absolute Gasteiger partial charge is 0.573 e. The molecular formula is C19H13F3O3. The van der Waals surface area contributed by atoms with Crippen LogP contribution in [0.1, 0.15) is 16.7 Å². The highest BCUT2D eigenvalue weighted by Crippen LogP contribution is 2.32. The van der Waals surface area contributed by atoms with Crippen LogP contribution >= 0.6 is 0 Å². The van der Waals surface area contributed by atoms with Crippen molar-refractivity contribution in [3.63, 3.8) is 0 Å². The van der Waals surface area contributed by atoms with Gasteiger partial charge in [-0.25, -0.2) is 4.79 Å². The Balaban J connectivity index is 1.87. The van der Waals surface area contributed by atoms with Gasteiger partial charge in [-0.2, -0.15) is 0 Å². The molecule has 0 radical (unpaired) electrons. The van der Waals surface area contributed by atoms with Gasteiger partial charge in [-0.05, 0) is 36.3 Å². The summed E-state index contributed by atoms with van der Waals surface area (Å²) in [6.45, 7) is 1.96. The molecule has 0 fully saturated rings. The Bertz CT molecular complexity index is 845. The molecule has 2 aromatic carbocycles. The zero-order valence-corrected chi connectivity index (χ0v) is 13.1. The first kappa shape index (κ1) is 16.8. The third kappa shape index (κ3) is 4.29. The summed E-state index contributed by atoms with van der Waals surface area (Å²) in [5.74, 6) is -0.506. The third-order valence-corrected chi connectivity index (χ3v) is 3.51. The van der Waals surface area contributed by atoms with Gasteiger partial charge in [0.2, 0.25) is 0 Å². The normalized spacial score (nSPS) is 15.9. The molecule has 0 N–H and O–H groups in total. The van der Waals surface area contributed by atoms with Crippen LogP contribution in [0.5, 0.6) is 5.75 Å². The van der Waals surface area contributed by atoms with E-state index in [1.165, 1.54) is 30.3 Å². The smallest absolute Gasteiger partial charge is 0.423 e. The van der Waals surface area contributed by atoms with Gasteiger partial charge in [-0.15, -0.1) is 13.2 Å². The summed E-state index contributed by atoms with van der Waals surface area (Å²) < 4.78 is 45.7. The van der Waals surface area contributed by atoms with Gasteiger partial charge in [0.15, 0.2) is 0 Å². The number of rotatable bonds is 3. The van der Waals surface area contributed by atoms with Crippen LogP contribution in [0.2, 0.25) is 0 Å². The molecular weight excluding hydrogens is 333 g/mol. The molecule has 128 valence electrons. The lowest BCUT2D eigenvalue weighted by Crippen LogP contribution is -2.16. The number of halogens is 3. The topological polar surface area (TPSA) is 35.5 Å². The Hall–Kier alpha value is -3.02. The van der Waals surface area contributed by atoms with Crippen molar-refractivity contribution >= 4 is 17.6 Å². The number of esters is 1. The van der Waals surface area contributed by atoms with E-state index >= 15 is 0 Å². The lowest BCUT2D eigenvalue weighted by atomic mass is 10.0. The van der Waals surface area contributed by atoms with Crippen molar-refractivity contribution in [3.05, 3.63) is 77.1 Å². The summed E-state index contributed by atoms with van der Waals surface area (Å²) in [7, 11) is 0. The van der Waals surface area contributed by atoms with E-state index in [4.69, 9.17) is 4.74 Å². The lowest BCUT2D eigenvalue weighted by molar-refractivity contribution is -0.274. The molecule has 0 spiro atoms. The quantitative estimate of drug-likeness (QED) is 0.744. The first-order valence-electron chi connectivity index (χ1n) is 7.39. The molecule has 1 aliphatic rings. The third-order valence-electron chi connectivity index (χ3n) is 3.51. The van der Waals surface area contributed by atoms with Crippen molar-refractivity contribution < 1.29 is 27.4 Å². The van der Waals surface area contributed by atoms with Crippen LogP contribution in [0.3, 0.4) is 0 Å². The van der Waals surface area contributed by atoms with Crippen LogP contribution in [0.15, 0.2) is 60.4 Å². The number of hydrogen-bond acceptors (Lipinski definition) is 3. The molecule has 0 aromatic heterocycles. The SMILES string of the molecule is Cc1ccc(C=C2OC(=O)C=C2c2ccc(OC(F)(F)F)cc2)cc1. The average Bonchev–Trinajstić information content (AvgIpc) is 2.89. The molecule has 25 heavy (non-hydrogen) atoms. The van der Waals surface area contributed by atoms with Crippen LogP contribution in [0, 0.1) is 6.92 Å². The molecule has 2 aromatic rings. The number of benzene rings is 2. The van der Waals surface area contributed by atoms with E-state index in [0.717, 1.165) is 11.1 Å². The summed E-state index contributed by atoms with van der Waals surface area (Å²) in [5, 5.41) is 0. The fourth-order valence-electron chi connectivity index (χ4n) is 2.36. The minimum atomic E-state index is -4.75. The van der Waals surface area contributed by atoms with Gasteiger partial charge in [0, 0.05) is 11.6 Å². The number of aryl methyl sites for hydroxylation is 1. The highest BCUT2D eigenvalue weighted by atomic mass is 19.4. The molecule has 0 amide bonds. The molecule has 0 aliphatic carbocycles. The van der Waals surface area contributed by atoms with Gasteiger partial charge < -0.3 is 9.47 Å². The van der Waals surface area contributed by atoms with Crippen LogP contribution in [0.4, 0.5) is 13.2 Å². The molecule has 3 nitrogen and oxygen atoms in total. The second kappa shape index (κ2) is 6.47. The molecule has 0 saturated carbocycles. The van der Waals surface area contributed by atoms with Crippen LogP contribution in [-0.4, -0.2) is 12.3 Å². The van der Waals surface area contributed by atoms with Gasteiger partial charge in [0.05, 0.1) is 0 Å². The van der Waals surface area contributed by atoms with Gasteiger partial charge in [-0.3, -0.25) is 0 Å². The van der Waals surface area contributed by atoms with E-state index in [1.54, 1.807) is 6.08 Å². The van der Waals surface area contributed by atoms with Crippen LogP contribution < -0.4 is 4.74 Å². The fraction of sp³-hybridized carbons (Fsp3) is 0.105. The van der Waals surface area contributed by atoms with Crippen molar-refractivity contribution in [1.82, 2.24) is 0 Å². The number of allylic oxidation sites excluding steroid dienone is 1. The maximum Gasteiger partial charge on any atom is 0.573 e. The number of alkyl halides is 3. The van der Waals surface area contributed by atoms with Crippen LogP contribution in [0.25, 0.3) is 11.6 Å². The molecule has 3 rings (SSSR count). The maximum absolute atomic E-state index is 12.2. The number of carbonyl (C=O) groups excluding carboxylic acids is 1. The Labute approximate surface area is 142 Å². The second-order valence-electron chi connectivity index (χ2n) is 5.47. The first-order chi connectivity index (χ1) is 11.8. The van der Waals surface area contributed by atoms with Gasteiger partial charge in [0.25, 0.3) is 0 Å². The average molecular weight is 346 g/mol. The van der Waals surface area contributed by atoms with Gasteiger partial charge in [-0.1, -0.05) is 42.0 Å². The first-order valence-corrected chi connectivity index (χ1v) is 7.39. The van der Waals surface area contributed by atoms with E-state index in [0.29, 0.717) is 16.9 Å². The Morgan fingerprint density at radius 3 is 2.24 bits per heavy atom. The summed E-state index contributed by atoms with van der Waals surface area (Å²) in [4.78, 5) is 11.6. The molecule has 0 unspecified atom stereocenters. The monoisotopic (exact) mass is 346 g/mol. The van der Waals surface area contributed by atoms with Crippen molar-refractivity contribution in [2.24, 2.45) is 0 Å². The molecule has 1 heterocycles. The predicted octanol–water partition coefficient (Wildman–Crippen LogP) is 4.87. The van der Waals surface area contributed by atoms with Gasteiger partial charge in [0.1, 0.15) is 11.5 Å². The summed E-state index contributed by atoms with van der Waals surface area (Å²) in [6, 6.07) is 12.9. The van der Waals surface area contributed by atoms with Gasteiger partial charge >= 0.3 is 12.3 Å². The molecule has 1 aliphatic heterocycles. The molecule has 6 heteroatoms. The summed E-state index contributed by atoms with van der Waals surface area (Å²) in [5.41, 5.74) is 3.00. The maximum atomic E-state index is 12.2. The number of ether oxygens (including phenoxy) is 2. The summed E-state index contributed by atoms with van der Waals surface area (Å²) >= 11 is 0. The lowest BCUT2D eigenvalue weighted by Gasteiger charge is -2.10. The molecule has 0 saturated heterocycles. The predicted molar refractivity (Wildman–Crippen MR) is 86.4 cm³/mol. The number of hydrogen-bond donors (Lipinski definition) is 0. The van der Waals surface area contributed by atoms with Crippen molar-refractivity contribution in [2.75, 3.05) is 0 Å². The van der Waals surface area contributed by atoms with Crippen molar-refractivity contribution in [2.45, 2.75) is 13.3 Å². The standard InChI is InChI=1S/C19H13F3O3/c1-12-2-4-13(5-3-12)10-17-16(11-18(23)24-17)14-6-8-15(9-7-14)25-19(20,21)22/h2-11H,1H3. The van der Waals surface area contributed by atoms with E-state index in [9.17, 15) is 18.0 Å².